The zero-order valence-electron chi connectivity index (χ0n) is 10.3. The van der Waals surface area contributed by atoms with Gasteiger partial charge in [0.2, 0.25) is 0 Å². The van der Waals surface area contributed by atoms with E-state index >= 15 is 0 Å². The lowest BCUT2D eigenvalue weighted by atomic mass is 10.1. The van der Waals surface area contributed by atoms with Crippen molar-refractivity contribution in [2.24, 2.45) is 0 Å². The number of thiophene rings is 1. The van der Waals surface area contributed by atoms with Crippen LogP contribution in [0.5, 0.6) is 0 Å². The topological polar surface area (TPSA) is 30.2 Å². The molecular weight excluding hydrogens is 256 g/mol. The van der Waals surface area contributed by atoms with Crippen molar-refractivity contribution in [3.63, 3.8) is 0 Å². The fourth-order valence-electron chi connectivity index (χ4n) is 2.56. The number of hydrogen-bond acceptors (Lipinski definition) is 3. The third kappa shape index (κ3) is 1.45. The first-order valence-corrected chi connectivity index (χ1v) is 6.90. The molecule has 19 heavy (non-hydrogen) atoms. The molecular formula is C16H10O2S. The number of rotatable bonds is 0. The molecule has 4 rings (SSSR count). The van der Waals surface area contributed by atoms with Crippen LogP contribution in [0.4, 0.5) is 0 Å². The average molecular weight is 266 g/mol. The van der Waals surface area contributed by atoms with Crippen molar-refractivity contribution in [1.29, 1.82) is 0 Å². The minimum Gasteiger partial charge on any atom is -0.421 e. The van der Waals surface area contributed by atoms with E-state index in [2.05, 4.69) is 18.2 Å². The molecule has 0 saturated carbocycles. The largest absolute Gasteiger partial charge is 0.421 e. The monoisotopic (exact) mass is 266 g/mol. The van der Waals surface area contributed by atoms with Crippen LogP contribution in [0.25, 0.3) is 31.1 Å². The van der Waals surface area contributed by atoms with E-state index in [4.69, 9.17) is 4.42 Å². The lowest BCUT2D eigenvalue weighted by Gasteiger charge is -2.00. The van der Waals surface area contributed by atoms with Crippen LogP contribution in [0.1, 0.15) is 5.56 Å². The normalized spacial score (nSPS) is 11.6. The van der Waals surface area contributed by atoms with Crippen LogP contribution in [0, 0.1) is 6.92 Å². The van der Waals surface area contributed by atoms with Crippen molar-refractivity contribution in [3.8, 4) is 0 Å². The molecule has 0 saturated heterocycles. The van der Waals surface area contributed by atoms with Gasteiger partial charge in [0.1, 0.15) is 0 Å². The van der Waals surface area contributed by atoms with Gasteiger partial charge in [-0.05, 0) is 18.6 Å². The number of benzene rings is 2. The summed E-state index contributed by atoms with van der Waals surface area (Å²) in [6.45, 7) is 1.94. The third-order valence-corrected chi connectivity index (χ3v) is 4.65. The Balaban J connectivity index is 2.34. The molecule has 0 radical (unpaired) electrons. The van der Waals surface area contributed by atoms with Gasteiger partial charge in [0.15, 0.2) is 5.58 Å². The van der Waals surface area contributed by atoms with Crippen molar-refractivity contribution >= 4 is 42.5 Å². The molecule has 0 atom stereocenters. The minimum atomic E-state index is -0.282. The van der Waals surface area contributed by atoms with Crippen LogP contribution in [0.3, 0.4) is 0 Å². The Morgan fingerprint density at radius 1 is 1.00 bits per heavy atom. The molecule has 92 valence electrons. The molecule has 0 aliphatic rings. The molecule has 4 aromatic rings. The summed E-state index contributed by atoms with van der Waals surface area (Å²) in [6, 6.07) is 14.0. The van der Waals surface area contributed by atoms with Gasteiger partial charge >= 0.3 is 5.63 Å². The van der Waals surface area contributed by atoms with Crippen LogP contribution < -0.4 is 5.63 Å². The van der Waals surface area contributed by atoms with Crippen LogP contribution >= 0.6 is 11.3 Å². The molecule has 0 amide bonds. The van der Waals surface area contributed by atoms with E-state index in [9.17, 15) is 4.79 Å². The SMILES string of the molecule is Cc1cc(=O)oc2c1ccc1c3ccccc3sc12. The molecule has 2 heterocycles. The molecule has 3 heteroatoms. The highest BCUT2D eigenvalue weighted by Crippen LogP contribution is 2.38. The van der Waals surface area contributed by atoms with Crippen molar-refractivity contribution in [2.75, 3.05) is 0 Å². The smallest absolute Gasteiger partial charge is 0.336 e. The Morgan fingerprint density at radius 2 is 1.79 bits per heavy atom. The van der Waals surface area contributed by atoms with E-state index in [1.54, 1.807) is 17.4 Å². The standard InChI is InChI=1S/C16H10O2S/c1-9-8-14(17)18-15-10(9)6-7-12-11-4-2-3-5-13(11)19-16(12)15/h2-8H,1H3. The van der Waals surface area contributed by atoms with Gasteiger partial charge in [-0.2, -0.15) is 0 Å². The first-order valence-electron chi connectivity index (χ1n) is 6.09. The van der Waals surface area contributed by atoms with Crippen molar-refractivity contribution in [3.05, 3.63) is 58.4 Å². The quantitative estimate of drug-likeness (QED) is 0.440. The molecule has 0 fully saturated rings. The van der Waals surface area contributed by atoms with Crippen LogP contribution in [-0.2, 0) is 0 Å². The molecule has 0 bridgehead atoms. The Hall–Kier alpha value is -2.13. The van der Waals surface area contributed by atoms with Gasteiger partial charge in [-0.25, -0.2) is 4.79 Å². The molecule has 2 aromatic carbocycles. The van der Waals surface area contributed by atoms with E-state index in [0.717, 1.165) is 21.0 Å². The average Bonchev–Trinajstić information content (AvgIpc) is 2.77. The van der Waals surface area contributed by atoms with E-state index < -0.39 is 0 Å². The zero-order valence-corrected chi connectivity index (χ0v) is 11.1. The lowest BCUT2D eigenvalue weighted by molar-refractivity contribution is 0.563. The number of aryl methyl sites for hydroxylation is 1. The molecule has 0 aliphatic heterocycles. The summed E-state index contributed by atoms with van der Waals surface area (Å²) < 4.78 is 7.71. The summed E-state index contributed by atoms with van der Waals surface area (Å²) in [6.07, 6.45) is 0. The summed E-state index contributed by atoms with van der Waals surface area (Å²) in [5.74, 6) is 0. The summed E-state index contributed by atoms with van der Waals surface area (Å²) in [5, 5.41) is 3.38. The summed E-state index contributed by atoms with van der Waals surface area (Å²) in [4.78, 5) is 11.6. The van der Waals surface area contributed by atoms with Crippen LogP contribution in [0.2, 0.25) is 0 Å². The lowest BCUT2D eigenvalue weighted by Crippen LogP contribution is -1.97. The summed E-state index contributed by atoms with van der Waals surface area (Å²) in [5.41, 5.74) is 1.39. The summed E-state index contributed by atoms with van der Waals surface area (Å²) in [7, 11) is 0. The van der Waals surface area contributed by atoms with Gasteiger partial charge < -0.3 is 4.42 Å². The van der Waals surface area contributed by atoms with Gasteiger partial charge in [0, 0.05) is 26.9 Å². The Kier molecular flexibility index (Phi) is 2.09. The molecule has 0 unspecified atom stereocenters. The predicted molar refractivity (Wildman–Crippen MR) is 80.1 cm³/mol. The van der Waals surface area contributed by atoms with Crippen LogP contribution in [-0.4, -0.2) is 0 Å². The predicted octanol–water partition coefficient (Wildman–Crippen LogP) is 4.47. The minimum absolute atomic E-state index is 0.282. The molecule has 0 spiro atoms. The summed E-state index contributed by atoms with van der Waals surface area (Å²) >= 11 is 1.68. The van der Waals surface area contributed by atoms with Crippen molar-refractivity contribution in [1.82, 2.24) is 0 Å². The highest BCUT2D eigenvalue weighted by atomic mass is 32.1. The Morgan fingerprint density at radius 3 is 2.68 bits per heavy atom. The highest BCUT2D eigenvalue weighted by Gasteiger charge is 2.11. The molecule has 2 aromatic heterocycles. The van der Waals surface area contributed by atoms with Gasteiger partial charge in [-0.15, -0.1) is 11.3 Å². The fraction of sp³-hybridized carbons (Fsp3) is 0.0625. The van der Waals surface area contributed by atoms with Gasteiger partial charge in [-0.3, -0.25) is 0 Å². The maximum atomic E-state index is 11.6. The highest BCUT2D eigenvalue weighted by molar-refractivity contribution is 7.26. The molecule has 2 nitrogen and oxygen atoms in total. The Labute approximate surface area is 112 Å². The maximum absolute atomic E-state index is 11.6. The zero-order chi connectivity index (χ0) is 13.0. The van der Waals surface area contributed by atoms with E-state index in [1.807, 2.05) is 25.1 Å². The number of fused-ring (bicyclic) bond motifs is 5. The Bertz CT molecular complexity index is 992. The van der Waals surface area contributed by atoms with E-state index in [0.29, 0.717) is 5.58 Å². The second-order valence-electron chi connectivity index (χ2n) is 4.67. The van der Waals surface area contributed by atoms with E-state index in [1.165, 1.54) is 10.1 Å². The van der Waals surface area contributed by atoms with E-state index in [-0.39, 0.29) is 5.63 Å². The first kappa shape index (κ1) is 10.8. The van der Waals surface area contributed by atoms with Crippen molar-refractivity contribution in [2.45, 2.75) is 6.92 Å². The van der Waals surface area contributed by atoms with Crippen molar-refractivity contribution < 1.29 is 4.42 Å². The third-order valence-electron chi connectivity index (χ3n) is 3.46. The second-order valence-corrected chi connectivity index (χ2v) is 5.72. The molecule has 0 N–H and O–H groups in total. The number of hydrogen-bond donors (Lipinski definition) is 0. The van der Waals surface area contributed by atoms with Gasteiger partial charge in [0.05, 0.1) is 4.70 Å². The fourth-order valence-corrected chi connectivity index (χ4v) is 3.75. The van der Waals surface area contributed by atoms with Gasteiger partial charge in [0.25, 0.3) is 0 Å². The second kappa shape index (κ2) is 3.68. The van der Waals surface area contributed by atoms with Crippen LogP contribution in [0.15, 0.2) is 51.7 Å². The first-order chi connectivity index (χ1) is 9.24. The van der Waals surface area contributed by atoms with Gasteiger partial charge in [-0.1, -0.05) is 30.3 Å². The molecule has 0 aliphatic carbocycles. The maximum Gasteiger partial charge on any atom is 0.336 e.